The first-order valence-corrected chi connectivity index (χ1v) is 6.38. The van der Waals surface area contributed by atoms with Gasteiger partial charge >= 0.3 is 0 Å². The predicted molar refractivity (Wildman–Crippen MR) is 63.4 cm³/mol. The second kappa shape index (κ2) is 6.44. The van der Waals surface area contributed by atoms with Crippen LogP contribution in [0.2, 0.25) is 0 Å². The van der Waals surface area contributed by atoms with Gasteiger partial charge < -0.3 is 5.32 Å². The van der Waals surface area contributed by atoms with Crippen molar-refractivity contribution in [3.8, 4) is 0 Å². The maximum Gasteiger partial charge on any atom is -0.00518 e. The Balaban J connectivity index is 2.19. The van der Waals surface area contributed by atoms with Crippen LogP contribution >= 0.6 is 0 Å². The van der Waals surface area contributed by atoms with Gasteiger partial charge in [0, 0.05) is 0 Å². The molecule has 1 fully saturated rings. The largest absolute Gasteiger partial charge is 0.320 e. The summed E-state index contributed by atoms with van der Waals surface area (Å²) >= 11 is 0. The molecule has 14 heavy (non-hydrogen) atoms. The minimum absolute atomic E-state index is 0.905. The highest BCUT2D eigenvalue weighted by Gasteiger charge is 2.23. The van der Waals surface area contributed by atoms with E-state index >= 15 is 0 Å². The first-order valence-electron chi connectivity index (χ1n) is 6.38. The lowest BCUT2D eigenvalue weighted by molar-refractivity contribution is 0.204. The molecule has 84 valence electrons. The van der Waals surface area contributed by atoms with E-state index in [-0.39, 0.29) is 0 Å². The van der Waals surface area contributed by atoms with Crippen LogP contribution in [0, 0.1) is 17.8 Å². The van der Waals surface area contributed by atoms with Crippen LogP contribution in [0.25, 0.3) is 0 Å². The summed E-state index contributed by atoms with van der Waals surface area (Å²) in [5.41, 5.74) is 0. The molecule has 1 heteroatoms. The molecule has 2 unspecified atom stereocenters. The minimum Gasteiger partial charge on any atom is -0.320 e. The minimum atomic E-state index is 0.905. The van der Waals surface area contributed by atoms with Crippen LogP contribution in [0.1, 0.15) is 52.4 Å². The fourth-order valence-electron chi connectivity index (χ4n) is 2.77. The maximum absolute atomic E-state index is 3.24. The Kier molecular flexibility index (Phi) is 5.54. The van der Waals surface area contributed by atoms with Gasteiger partial charge in [-0.1, -0.05) is 33.1 Å². The molecule has 1 N–H and O–H groups in total. The molecule has 0 amide bonds. The van der Waals surface area contributed by atoms with Gasteiger partial charge in [-0.3, -0.25) is 0 Å². The van der Waals surface area contributed by atoms with Gasteiger partial charge in [0.2, 0.25) is 0 Å². The van der Waals surface area contributed by atoms with Crippen molar-refractivity contribution in [2.45, 2.75) is 52.4 Å². The van der Waals surface area contributed by atoms with Crippen LogP contribution in [0.3, 0.4) is 0 Å². The van der Waals surface area contributed by atoms with Crippen LogP contribution in [-0.4, -0.2) is 13.6 Å². The third-order valence-electron chi connectivity index (χ3n) is 3.81. The lowest BCUT2D eigenvalue weighted by Crippen LogP contribution is -2.20. The van der Waals surface area contributed by atoms with Crippen molar-refractivity contribution in [1.29, 1.82) is 0 Å². The SMILES string of the molecule is CNCCCC1CCCC(C(C)C)C1. The highest BCUT2D eigenvalue weighted by Crippen LogP contribution is 2.35. The molecular weight excluding hydrogens is 170 g/mol. The summed E-state index contributed by atoms with van der Waals surface area (Å²) < 4.78 is 0. The molecule has 1 nitrogen and oxygen atoms in total. The normalized spacial score (nSPS) is 28.3. The third kappa shape index (κ3) is 4.00. The molecule has 2 atom stereocenters. The summed E-state index contributed by atoms with van der Waals surface area (Å²) in [6.45, 7) is 5.98. The van der Waals surface area contributed by atoms with E-state index in [1.165, 1.54) is 45.1 Å². The Morgan fingerprint density at radius 3 is 2.71 bits per heavy atom. The zero-order valence-corrected chi connectivity index (χ0v) is 10.2. The van der Waals surface area contributed by atoms with Crippen LogP contribution in [-0.2, 0) is 0 Å². The Morgan fingerprint density at radius 2 is 2.07 bits per heavy atom. The van der Waals surface area contributed by atoms with Crippen molar-refractivity contribution < 1.29 is 0 Å². The molecule has 0 bridgehead atoms. The van der Waals surface area contributed by atoms with Crippen LogP contribution < -0.4 is 5.32 Å². The number of rotatable bonds is 5. The first kappa shape index (κ1) is 12.0. The van der Waals surface area contributed by atoms with E-state index in [0.29, 0.717) is 0 Å². The molecule has 0 aromatic carbocycles. The Labute approximate surface area is 89.7 Å². The van der Waals surface area contributed by atoms with Gasteiger partial charge in [-0.2, -0.15) is 0 Å². The smallest absolute Gasteiger partial charge is 0.00518 e. The van der Waals surface area contributed by atoms with Crippen LogP contribution in [0.4, 0.5) is 0 Å². The average molecular weight is 197 g/mol. The number of hydrogen-bond donors (Lipinski definition) is 1. The highest BCUT2D eigenvalue weighted by molar-refractivity contribution is 4.75. The molecule has 1 aliphatic rings. The van der Waals surface area contributed by atoms with E-state index in [1.54, 1.807) is 0 Å². The maximum atomic E-state index is 3.24. The Morgan fingerprint density at radius 1 is 1.29 bits per heavy atom. The van der Waals surface area contributed by atoms with Gasteiger partial charge in [0.05, 0.1) is 0 Å². The van der Waals surface area contributed by atoms with E-state index in [9.17, 15) is 0 Å². The molecule has 1 rings (SSSR count). The van der Waals surface area contributed by atoms with Gasteiger partial charge in [-0.25, -0.2) is 0 Å². The average Bonchev–Trinajstić information content (AvgIpc) is 2.19. The van der Waals surface area contributed by atoms with Gasteiger partial charge in [-0.05, 0) is 50.6 Å². The Hall–Kier alpha value is -0.0400. The second-order valence-corrected chi connectivity index (χ2v) is 5.28. The van der Waals surface area contributed by atoms with Gasteiger partial charge in [0.15, 0.2) is 0 Å². The monoisotopic (exact) mass is 197 g/mol. The summed E-state index contributed by atoms with van der Waals surface area (Å²) in [7, 11) is 2.05. The molecule has 0 saturated heterocycles. The van der Waals surface area contributed by atoms with E-state index < -0.39 is 0 Å². The van der Waals surface area contributed by atoms with E-state index in [2.05, 4.69) is 26.2 Å². The quantitative estimate of drug-likeness (QED) is 0.666. The van der Waals surface area contributed by atoms with Crippen molar-refractivity contribution in [1.82, 2.24) is 5.32 Å². The van der Waals surface area contributed by atoms with E-state index in [4.69, 9.17) is 0 Å². The first-order chi connectivity index (χ1) is 6.74. The number of nitrogens with one attached hydrogen (secondary N) is 1. The third-order valence-corrected chi connectivity index (χ3v) is 3.81. The van der Waals surface area contributed by atoms with Gasteiger partial charge in [0.1, 0.15) is 0 Å². The second-order valence-electron chi connectivity index (χ2n) is 5.28. The lowest BCUT2D eigenvalue weighted by Gasteiger charge is -2.31. The van der Waals surface area contributed by atoms with E-state index in [0.717, 1.165) is 17.8 Å². The highest BCUT2D eigenvalue weighted by atomic mass is 14.8. The van der Waals surface area contributed by atoms with Gasteiger partial charge in [-0.15, -0.1) is 0 Å². The van der Waals surface area contributed by atoms with Crippen molar-refractivity contribution >= 4 is 0 Å². The van der Waals surface area contributed by atoms with Crippen molar-refractivity contribution in [3.63, 3.8) is 0 Å². The summed E-state index contributed by atoms with van der Waals surface area (Å²) in [4.78, 5) is 0. The zero-order chi connectivity index (χ0) is 10.4. The summed E-state index contributed by atoms with van der Waals surface area (Å²) in [5, 5.41) is 3.24. The van der Waals surface area contributed by atoms with Crippen LogP contribution in [0.15, 0.2) is 0 Å². The number of hydrogen-bond acceptors (Lipinski definition) is 1. The molecular formula is C13H27N. The Bertz CT molecular complexity index is 142. The standard InChI is InChI=1S/C13H27N/c1-11(2)13-8-4-6-12(10-13)7-5-9-14-3/h11-14H,4-10H2,1-3H3. The van der Waals surface area contributed by atoms with Gasteiger partial charge in [0.25, 0.3) is 0 Å². The molecule has 1 saturated carbocycles. The van der Waals surface area contributed by atoms with E-state index in [1.807, 2.05) is 0 Å². The van der Waals surface area contributed by atoms with Crippen molar-refractivity contribution in [2.24, 2.45) is 17.8 Å². The summed E-state index contributed by atoms with van der Waals surface area (Å²) in [6.07, 6.45) is 8.78. The molecule has 1 aliphatic carbocycles. The lowest BCUT2D eigenvalue weighted by atomic mass is 9.75. The molecule has 0 aromatic heterocycles. The summed E-state index contributed by atoms with van der Waals surface area (Å²) in [6, 6.07) is 0. The summed E-state index contributed by atoms with van der Waals surface area (Å²) in [5.74, 6) is 2.95. The predicted octanol–water partition coefficient (Wildman–Crippen LogP) is 3.45. The molecule has 0 aliphatic heterocycles. The molecule has 0 aromatic rings. The molecule has 0 spiro atoms. The van der Waals surface area contributed by atoms with Crippen LogP contribution in [0.5, 0.6) is 0 Å². The molecule has 0 radical (unpaired) electrons. The fourth-order valence-corrected chi connectivity index (χ4v) is 2.77. The topological polar surface area (TPSA) is 12.0 Å². The molecule has 0 heterocycles. The fraction of sp³-hybridized carbons (Fsp3) is 1.00. The zero-order valence-electron chi connectivity index (χ0n) is 10.2. The van der Waals surface area contributed by atoms with Crippen molar-refractivity contribution in [2.75, 3.05) is 13.6 Å². The van der Waals surface area contributed by atoms with Crippen molar-refractivity contribution in [3.05, 3.63) is 0 Å².